The largest absolute Gasteiger partial charge is 0.508 e. The molecule has 3 N–H and O–H groups in total. The summed E-state index contributed by atoms with van der Waals surface area (Å²) in [5.41, 5.74) is 4.80. The predicted molar refractivity (Wildman–Crippen MR) is 128 cm³/mol. The summed E-state index contributed by atoms with van der Waals surface area (Å²) in [5, 5.41) is 30.5. The fourth-order valence-electron chi connectivity index (χ4n) is 4.27. The van der Waals surface area contributed by atoms with Crippen LogP contribution in [0.2, 0.25) is 0 Å². The van der Waals surface area contributed by atoms with E-state index < -0.39 is 0 Å². The van der Waals surface area contributed by atoms with E-state index in [9.17, 15) is 15.3 Å². The van der Waals surface area contributed by atoms with Crippen LogP contribution in [0.15, 0.2) is 97.1 Å². The second kappa shape index (κ2) is 8.80. The molecule has 0 heterocycles. The van der Waals surface area contributed by atoms with E-state index in [-0.39, 0.29) is 28.6 Å². The van der Waals surface area contributed by atoms with Crippen molar-refractivity contribution in [1.82, 2.24) is 0 Å². The Balaban J connectivity index is 1.71. The van der Waals surface area contributed by atoms with Crippen molar-refractivity contribution in [3.63, 3.8) is 0 Å². The molecule has 0 amide bonds. The summed E-state index contributed by atoms with van der Waals surface area (Å²) in [4.78, 5) is 0. The maximum absolute atomic E-state index is 10.6. The fraction of sp³-hybridized carbons (Fsp3) is 0.172. The van der Waals surface area contributed by atoms with Gasteiger partial charge in [0.25, 0.3) is 0 Å². The summed E-state index contributed by atoms with van der Waals surface area (Å²) in [6.45, 7) is 4.33. The zero-order valence-electron chi connectivity index (χ0n) is 18.4. The topological polar surface area (TPSA) is 60.7 Å². The van der Waals surface area contributed by atoms with Crippen LogP contribution >= 0.6 is 0 Å². The molecule has 0 spiro atoms. The van der Waals surface area contributed by atoms with Crippen molar-refractivity contribution >= 4 is 0 Å². The number of hydrogen-bond acceptors (Lipinski definition) is 3. The van der Waals surface area contributed by atoms with Gasteiger partial charge in [0.05, 0.1) is 0 Å². The van der Waals surface area contributed by atoms with Gasteiger partial charge < -0.3 is 15.3 Å². The van der Waals surface area contributed by atoms with Crippen LogP contribution in [0.5, 0.6) is 17.2 Å². The van der Waals surface area contributed by atoms with Crippen LogP contribution in [0.25, 0.3) is 0 Å². The summed E-state index contributed by atoms with van der Waals surface area (Å²) in [5.74, 6) is 0.671. The van der Waals surface area contributed by atoms with Gasteiger partial charge >= 0.3 is 0 Å². The summed E-state index contributed by atoms with van der Waals surface area (Å²) in [7, 11) is 0. The van der Waals surface area contributed by atoms with Crippen molar-refractivity contribution in [3.05, 3.63) is 125 Å². The number of rotatable bonds is 6. The first kappa shape index (κ1) is 21.5. The fourth-order valence-corrected chi connectivity index (χ4v) is 4.27. The second-order valence-corrected chi connectivity index (χ2v) is 8.74. The van der Waals surface area contributed by atoms with Gasteiger partial charge in [-0.05, 0) is 52.9 Å². The van der Waals surface area contributed by atoms with E-state index in [0.29, 0.717) is 6.42 Å². The van der Waals surface area contributed by atoms with Gasteiger partial charge in [0.1, 0.15) is 17.2 Å². The molecule has 3 heteroatoms. The first-order chi connectivity index (χ1) is 15.4. The highest BCUT2D eigenvalue weighted by atomic mass is 16.3. The monoisotopic (exact) mass is 424 g/mol. The van der Waals surface area contributed by atoms with Crippen LogP contribution in [-0.2, 0) is 11.8 Å². The SMILES string of the molecule is CC(C)(c1ccc(O)cc1)c1ccc(C(Cc2ccccc2O)c2ccccc2O)cc1. The Morgan fingerprint density at radius 3 is 1.75 bits per heavy atom. The van der Waals surface area contributed by atoms with Crippen LogP contribution < -0.4 is 0 Å². The third-order valence-electron chi connectivity index (χ3n) is 6.35. The van der Waals surface area contributed by atoms with Crippen LogP contribution in [-0.4, -0.2) is 15.3 Å². The average Bonchev–Trinajstić information content (AvgIpc) is 2.80. The van der Waals surface area contributed by atoms with Gasteiger partial charge in [-0.1, -0.05) is 86.6 Å². The van der Waals surface area contributed by atoms with E-state index >= 15 is 0 Å². The number of para-hydroxylation sites is 2. The lowest BCUT2D eigenvalue weighted by Gasteiger charge is -2.27. The normalized spacial score (nSPS) is 12.4. The highest BCUT2D eigenvalue weighted by molar-refractivity contribution is 5.47. The summed E-state index contributed by atoms with van der Waals surface area (Å²) in [6.07, 6.45) is 0.574. The Labute approximate surface area is 189 Å². The number of hydrogen-bond donors (Lipinski definition) is 3. The number of benzene rings is 4. The molecule has 0 saturated carbocycles. The molecule has 4 rings (SSSR count). The van der Waals surface area contributed by atoms with Gasteiger partial charge in [0.2, 0.25) is 0 Å². The lowest BCUT2D eigenvalue weighted by Crippen LogP contribution is -2.19. The molecule has 0 saturated heterocycles. The van der Waals surface area contributed by atoms with E-state index in [2.05, 4.69) is 38.1 Å². The molecule has 0 aliphatic carbocycles. The Kier molecular flexibility index (Phi) is 5.91. The van der Waals surface area contributed by atoms with E-state index in [4.69, 9.17) is 0 Å². The molecule has 162 valence electrons. The number of phenolic OH excluding ortho intramolecular Hbond substituents is 3. The average molecular weight is 425 g/mol. The minimum absolute atomic E-state index is 0.102. The highest BCUT2D eigenvalue weighted by Crippen LogP contribution is 2.38. The van der Waals surface area contributed by atoms with Crippen molar-refractivity contribution in [1.29, 1.82) is 0 Å². The molecule has 0 fully saturated rings. The minimum Gasteiger partial charge on any atom is -0.508 e. The van der Waals surface area contributed by atoms with Crippen molar-refractivity contribution in [2.75, 3.05) is 0 Å². The van der Waals surface area contributed by atoms with E-state index in [1.165, 1.54) is 0 Å². The standard InChI is InChI=1S/C29H28O3/c1-29(2,23-15-17-24(30)18-16-23)22-13-11-20(12-14-22)26(25-8-4-6-10-28(25)32)19-21-7-3-5-9-27(21)31/h3-18,26,30-32H,19H2,1-2H3. The van der Waals surface area contributed by atoms with Crippen LogP contribution in [0.4, 0.5) is 0 Å². The van der Waals surface area contributed by atoms with Gasteiger partial charge in [-0.2, -0.15) is 0 Å². The van der Waals surface area contributed by atoms with Gasteiger partial charge in [0, 0.05) is 16.9 Å². The highest BCUT2D eigenvalue weighted by Gasteiger charge is 2.25. The minimum atomic E-state index is -0.228. The Bertz CT molecular complexity index is 1190. The molecular weight excluding hydrogens is 396 g/mol. The molecule has 4 aromatic rings. The second-order valence-electron chi connectivity index (χ2n) is 8.74. The molecule has 0 aliphatic rings. The van der Waals surface area contributed by atoms with E-state index in [1.807, 2.05) is 48.5 Å². The number of aromatic hydroxyl groups is 3. The first-order valence-corrected chi connectivity index (χ1v) is 10.8. The molecule has 3 nitrogen and oxygen atoms in total. The maximum atomic E-state index is 10.6. The van der Waals surface area contributed by atoms with Crippen LogP contribution in [0.3, 0.4) is 0 Å². The molecule has 1 atom stereocenters. The molecule has 32 heavy (non-hydrogen) atoms. The molecule has 0 aromatic heterocycles. The smallest absolute Gasteiger partial charge is 0.119 e. The van der Waals surface area contributed by atoms with E-state index in [1.54, 1.807) is 24.3 Å². The third-order valence-corrected chi connectivity index (χ3v) is 6.35. The van der Waals surface area contributed by atoms with Gasteiger partial charge in [0.15, 0.2) is 0 Å². The van der Waals surface area contributed by atoms with Crippen molar-refractivity contribution in [3.8, 4) is 17.2 Å². The van der Waals surface area contributed by atoms with Crippen LogP contribution in [0.1, 0.15) is 47.6 Å². The Hall–Kier alpha value is -3.72. The molecular formula is C29H28O3. The quantitative estimate of drug-likeness (QED) is 0.331. The zero-order chi connectivity index (χ0) is 22.7. The predicted octanol–water partition coefficient (Wildman–Crippen LogP) is 6.50. The lowest BCUT2D eigenvalue weighted by molar-refractivity contribution is 0.458. The van der Waals surface area contributed by atoms with Gasteiger partial charge in [-0.3, -0.25) is 0 Å². The Morgan fingerprint density at radius 1 is 0.625 bits per heavy atom. The molecule has 0 radical (unpaired) electrons. The summed E-state index contributed by atoms with van der Waals surface area (Å²) < 4.78 is 0. The van der Waals surface area contributed by atoms with Gasteiger partial charge in [-0.25, -0.2) is 0 Å². The molecule has 0 bridgehead atoms. The molecule has 1 unspecified atom stereocenters. The number of phenols is 3. The third kappa shape index (κ3) is 4.33. The van der Waals surface area contributed by atoms with Crippen molar-refractivity contribution in [2.45, 2.75) is 31.6 Å². The molecule has 0 aliphatic heterocycles. The molecule has 4 aromatic carbocycles. The maximum Gasteiger partial charge on any atom is 0.119 e. The van der Waals surface area contributed by atoms with Crippen molar-refractivity contribution < 1.29 is 15.3 Å². The summed E-state index contributed by atoms with van der Waals surface area (Å²) in [6, 6.07) is 30.5. The first-order valence-electron chi connectivity index (χ1n) is 10.8. The summed E-state index contributed by atoms with van der Waals surface area (Å²) >= 11 is 0. The van der Waals surface area contributed by atoms with Crippen molar-refractivity contribution in [2.24, 2.45) is 0 Å². The van der Waals surface area contributed by atoms with Gasteiger partial charge in [-0.15, -0.1) is 0 Å². The Morgan fingerprint density at radius 2 is 1.16 bits per heavy atom. The lowest BCUT2D eigenvalue weighted by atomic mass is 9.77. The van der Waals surface area contributed by atoms with Crippen LogP contribution in [0, 0.1) is 0 Å². The zero-order valence-corrected chi connectivity index (χ0v) is 18.4. The van der Waals surface area contributed by atoms with E-state index in [0.717, 1.165) is 27.8 Å².